The number of nitrogens with one attached hydrogen (secondary N) is 1. The van der Waals surface area contributed by atoms with Gasteiger partial charge in [-0.2, -0.15) is 0 Å². The van der Waals surface area contributed by atoms with E-state index in [4.69, 9.17) is 23.2 Å². The van der Waals surface area contributed by atoms with Gasteiger partial charge < -0.3 is 9.88 Å². The molecule has 0 saturated heterocycles. The number of carbonyl (C=O) groups excluding carboxylic acids is 1. The average Bonchev–Trinajstić information content (AvgIpc) is 2.98. The van der Waals surface area contributed by atoms with Gasteiger partial charge in [0.2, 0.25) is 5.91 Å². The van der Waals surface area contributed by atoms with Crippen LogP contribution in [0.4, 0.5) is 5.69 Å². The van der Waals surface area contributed by atoms with Gasteiger partial charge in [0.05, 0.1) is 16.0 Å². The van der Waals surface area contributed by atoms with Crippen LogP contribution in [-0.2, 0) is 11.8 Å². The Bertz CT molecular complexity index is 990. The second-order valence-corrected chi connectivity index (χ2v) is 8.21. The van der Waals surface area contributed by atoms with E-state index in [2.05, 4.69) is 15.5 Å². The number of carbonyl (C=O) groups is 1. The summed E-state index contributed by atoms with van der Waals surface area (Å²) in [6.07, 6.45) is 0. The summed E-state index contributed by atoms with van der Waals surface area (Å²) in [6.45, 7) is 3.84. The molecule has 0 aliphatic heterocycles. The largest absolute Gasteiger partial charge is 0.324 e. The molecule has 1 unspecified atom stereocenters. The summed E-state index contributed by atoms with van der Waals surface area (Å²) in [6, 6.07) is 12.9. The summed E-state index contributed by atoms with van der Waals surface area (Å²) in [5.74, 6) is 0.591. The van der Waals surface area contributed by atoms with E-state index in [1.54, 1.807) is 18.2 Å². The molecule has 140 valence electrons. The third-order valence-electron chi connectivity index (χ3n) is 4.06. The number of rotatable bonds is 5. The molecule has 1 aromatic heterocycles. The fourth-order valence-corrected chi connectivity index (χ4v) is 3.78. The molecule has 3 aromatic rings. The van der Waals surface area contributed by atoms with E-state index in [1.165, 1.54) is 11.8 Å². The van der Waals surface area contributed by atoms with Gasteiger partial charge >= 0.3 is 0 Å². The molecule has 3 rings (SSSR count). The number of nitrogens with zero attached hydrogens (tertiary/aromatic N) is 3. The zero-order valence-corrected chi connectivity index (χ0v) is 17.4. The minimum atomic E-state index is -0.385. The normalized spacial score (nSPS) is 12.0. The molecule has 1 atom stereocenters. The molecule has 0 bridgehead atoms. The maximum atomic E-state index is 12.5. The zero-order valence-electron chi connectivity index (χ0n) is 15.0. The lowest BCUT2D eigenvalue weighted by molar-refractivity contribution is -0.115. The molecule has 0 fully saturated rings. The number of hydrogen-bond donors (Lipinski definition) is 1. The van der Waals surface area contributed by atoms with Crippen LogP contribution in [0.1, 0.15) is 12.5 Å². The lowest BCUT2D eigenvalue weighted by atomic mass is 10.1. The van der Waals surface area contributed by atoms with Crippen molar-refractivity contribution >= 4 is 46.6 Å². The van der Waals surface area contributed by atoms with E-state index >= 15 is 0 Å². The van der Waals surface area contributed by atoms with E-state index in [0.717, 1.165) is 17.0 Å². The van der Waals surface area contributed by atoms with Crippen molar-refractivity contribution in [3.63, 3.8) is 0 Å². The summed E-state index contributed by atoms with van der Waals surface area (Å²) in [5.41, 5.74) is 2.66. The first kappa shape index (κ1) is 19.7. The second-order valence-electron chi connectivity index (χ2n) is 6.05. The third-order valence-corrected chi connectivity index (χ3v) is 5.74. The molecular formula is C19H18Cl2N4OS. The lowest BCUT2D eigenvalue weighted by Crippen LogP contribution is -2.23. The molecular weight excluding hydrogens is 403 g/mol. The second kappa shape index (κ2) is 8.33. The van der Waals surface area contributed by atoms with Crippen LogP contribution in [0.3, 0.4) is 0 Å². The van der Waals surface area contributed by atoms with Crippen molar-refractivity contribution in [2.24, 2.45) is 7.05 Å². The van der Waals surface area contributed by atoms with Crippen LogP contribution in [0, 0.1) is 6.92 Å². The van der Waals surface area contributed by atoms with Crippen molar-refractivity contribution in [1.29, 1.82) is 0 Å². The molecule has 0 aliphatic rings. The van der Waals surface area contributed by atoms with Gasteiger partial charge in [-0.25, -0.2) is 0 Å². The summed E-state index contributed by atoms with van der Waals surface area (Å²) in [7, 11) is 1.89. The van der Waals surface area contributed by atoms with Crippen LogP contribution in [-0.4, -0.2) is 25.9 Å². The summed E-state index contributed by atoms with van der Waals surface area (Å²) < 4.78 is 1.89. The van der Waals surface area contributed by atoms with Gasteiger partial charge in [-0.1, -0.05) is 59.2 Å². The van der Waals surface area contributed by atoms with Crippen molar-refractivity contribution in [1.82, 2.24) is 14.8 Å². The molecule has 5 nitrogen and oxygen atoms in total. The Labute approximate surface area is 172 Å². The topological polar surface area (TPSA) is 59.8 Å². The maximum absolute atomic E-state index is 12.5. The molecule has 1 N–H and O–H groups in total. The van der Waals surface area contributed by atoms with E-state index in [-0.39, 0.29) is 11.2 Å². The van der Waals surface area contributed by atoms with Gasteiger partial charge in [0.15, 0.2) is 11.0 Å². The highest BCUT2D eigenvalue weighted by molar-refractivity contribution is 8.00. The highest BCUT2D eigenvalue weighted by Gasteiger charge is 2.20. The number of halogens is 2. The van der Waals surface area contributed by atoms with E-state index < -0.39 is 0 Å². The van der Waals surface area contributed by atoms with Gasteiger partial charge in [-0.05, 0) is 37.6 Å². The lowest BCUT2D eigenvalue weighted by Gasteiger charge is -2.13. The van der Waals surface area contributed by atoms with Gasteiger partial charge in [0.1, 0.15) is 0 Å². The number of amides is 1. The molecule has 8 heteroatoms. The fraction of sp³-hybridized carbons (Fsp3) is 0.211. The fourth-order valence-electron chi connectivity index (χ4n) is 2.51. The minimum Gasteiger partial charge on any atom is -0.324 e. The number of hydrogen-bond acceptors (Lipinski definition) is 4. The molecule has 0 aliphatic carbocycles. The Hall–Kier alpha value is -2.02. The predicted molar refractivity (Wildman–Crippen MR) is 112 cm³/mol. The third kappa shape index (κ3) is 4.46. The van der Waals surface area contributed by atoms with Crippen LogP contribution < -0.4 is 5.32 Å². The van der Waals surface area contributed by atoms with Crippen LogP contribution in [0.5, 0.6) is 0 Å². The molecule has 0 radical (unpaired) electrons. The molecule has 0 saturated carbocycles. The molecule has 0 spiro atoms. The minimum absolute atomic E-state index is 0.176. The van der Waals surface area contributed by atoms with E-state index in [9.17, 15) is 4.79 Å². The first-order valence-corrected chi connectivity index (χ1v) is 9.88. The molecule has 2 aromatic carbocycles. The van der Waals surface area contributed by atoms with Crippen LogP contribution >= 0.6 is 35.0 Å². The summed E-state index contributed by atoms with van der Waals surface area (Å²) in [5, 5.41) is 12.5. The quantitative estimate of drug-likeness (QED) is 0.574. The summed E-state index contributed by atoms with van der Waals surface area (Å²) >= 11 is 13.3. The van der Waals surface area contributed by atoms with E-state index in [1.807, 2.05) is 49.7 Å². The van der Waals surface area contributed by atoms with E-state index in [0.29, 0.717) is 20.9 Å². The van der Waals surface area contributed by atoms with Crippen molar-refractivity contribution in [3.8, 4) is 11.4 Å². The van der Waals surface area contributed by atoms with Gasteiger partial charge in [-0.15, -0.1) is 10.2 Å². The number of benzene rings is 2. The number of aromatic nitrogens is 3. The molecule has 27 heavy (non-hydrogen) atoms. The van der Waals surface area contributed by atoms with Crippen LogP contribution in [0.25, 0.3) is 11.4 Å². The Morgan fingerprint density at radius 2 is 1.93 bits per heavy atom. The van der Waals surface area contributed by atoms with Crippen molar-refractivity contribution < 1.29 is 4.79 Å². The van der Waals surface area contributed by atoms with Crippen molar-refractivity contribution in [3.05, 3.63) is 58.1 Å². The Kier molecular flexibility index (Phi) is 6.09. The van der Waals surface area contributed by atoms with Crippen molar-refractivity contribution in [2.45, 2.75) is 24.3 Å². The monoisotopic (exact) mass is 420 g/mol. The first-order chi connectivity index (χ1) is 12.9. The average molecular weight is 421 g/mol. The highest BCUT2D eigenvalue weighted by Crippen LogP contribution is 2.29. The van der Waals surface area contributed by atoms with Crippen molar-refractivity contribution in [2.75, 3.05) is 5.32 Å². The van der Waals surface area contributed by atoms with Gasteiger partial charge in [0.25, 0.3) is 0 Å². The smallest absolute Gasteiger partial charge is 0.237 e. The van der Waals surface area contributed by atoms with Gasteiger partial charge in [-0.3, -0.25) is 4.79 Å². The SMILES string of the molecule is Cc1ccccc1-c1nnc(SC(C)C(=O)Nc2ccc(Cl)cc2Cl)n1C. The zero-order chi connectivity index (χ0) is 19.6. The standard InChI is InChI=1S/C19H18Cl2N4OS/c1-11-6-4-5-7-14(11)17-23-24-19(25(17)3)27-12(2)18(26)22-16-9-8-13(20)10-15(16)21/h4-10,12H,1-3H3,(H,22,26). The van der Waals surface area contributed by atoms with Crippen LogP contribution in [0.15, 0.2) is 47.6 Å². The predicted octanol–water partition coefficient (Wildman–Crippen LogP) is 5.22. The Morgan fingerprint density at radius 3 is 2.63 bits per heavy atom. The molecule has 1 heterocycles. The van der Waals surface area contributed by atoms with Crippen LogP contribution in [0.2, 0.25) is 10.0 Å². The number of aryl methyl sites for hydroxylation is 1. The maximum Gasteiger partial charge on any atom is 0.237 e. The Balaban J connectivity index is 1.73. The highest BCUT2D eigenvalue weighted by atomic mass is 35.5. The number of thioether (sulfide) groups is 1. The molecule has 1 amide bonds. The first-order valence-electron chi connectivity index (χ1n) is 8.24. The van der Waals surface area contributed by atoms with Gasteiger partial charge in [0, 0.05) is 17.6 Å². The number of anilines is 1. The summed E-state index contributed by atoms with van der Waals surface area (Å²) in [4.78, 5) is 12.5. The Morgan fingerprint density at radius 1 is 1.19 bits per heavy atom.